The second-order valence-corrected chi connectivity index (χ2v) is 5.16. The Balaban J connectivity index is 1.57. The summed E-state index contributed by atoms with van der Waals surface area (Å²) in [5.41, 5.74) is 0.940. The first-order valence-corrected chi connectivity index (χ1v) is 7.50. The van der Waals surface area contributed by atoms with Crippen LogP contribution >= 0.6 is 0 Å². The predicted molar refractivity (Wildman–Crippen MR) is 87.5 cm³/mol. The first kappa shape index (κ1) is 15.7. The molecule has 0 aliphatic carbocycles. The Morgan fingerprint density at radius 3 is 2.96 bits per heavy atom. The summed E-state index contributed by atoms with van der Waals surface area (Å²) in [4.78, 5) is 24.4. The van der Waals surface area contributed by atoms with E-state index in [-0.39, 0.29) is 5.91 Å². The molecule has 0 radical (unpaired) electrons. The Bertz CT molecular complexity index is 790. The molecule has 3 heterocycles. The second kappa shape index (κ2) is 7.36. The van der Waals surface area contributed by atoms with Crippen LogP contribution in [0.15, 0.2) is 61.6 Å². The average Bonchev–Trinajstić information content (AvgIpc) is 3.15. The van der Waals surface area contributed by atoms with E-state index in [1.165, 1.54) is 0 Å². The molecule has 0 fully saturated rings. The summed E-state index contributed by atoms with van der Waals surface area (Å²) in [5.74, 6) is 1.12. The van der Waals surface area contributed by atoms with E-state index in [9.17, 15) is 4.79 Å². The molecule has 24 heavy (non-hydrogen) atoms. The molecule has 7 heteroatoms. The quantitative estimate of drug-likeness (QED) is 0.747. The third kappa shape index (κ3) is 3.95. The van der Waals surface area contributed by atoms with Gasteiger partial charge in [-0.1, -0.05) is 0 Å². The van der Waals surface area contributed by atoms with Crippen molar-refractivity contribution in [1.29, 1.82) is 0 Å². The highest BCUT2D eigenvalue weighted by molar-refractivity contribution is 5.80. The fourth-order valence-electron chi connectivity index (χ4n) is 2.11. The van der Waals surface area contributed by atoms with Gasteiger partial charge in [-0.3, -0.25) is 14.3 Å². The molecule has 1 N–H and O–H groups in total. The molecule has 0 saturated carbocycles. The lowest BCUT2D eigenvalue weighted by atomic mass is 10.2. The van der Waals surface area contributed by atoms with Gasteiger partial charge in [0.2, 0.25) is 0 Å². The van der Waals surface area contributed by atoms with E-state index in [0.717, 1.165) is 11.4 Å². The van der Waals surface area contributed by atoms with Gasteiger partial charge in [0.05, 0.1) is 6.20 Å². The monoisotopic (exact) mass is 323 g/mol. The zero-order valence-electron chi connectivity index (χ0n) is 13.2. The summed E-state index contributed by atoms with van der Waals surface area (Å²) in [6, 6.07) is 7.27. The molecule has 0 aliphatic rings. The summed E-state index contributed by atoms with van der Waals surface area (Å²) in [6.45, 7) is 2.09. The number of aromatic nitrogens is 4. The molecule has 1 atom stereocenters. The molecule has 122 valence electrons. The molecular formula is C17H17N5O2. The summed E-state index contributed by atoms with van der Waals surface area (Å²) >= 11 is 0. The van der Waals surface area contributed by atoms with Crippen LogP contribution in [0.1, 0.15) is 12.5 Å². The van der Waals surface area contributed by atoms with Gasteiger partial charge < -0.3 is 10.1 Å². The lowest BCUT2D eigenvalue weighted by molar-refractivity contribution is -0.127. The number of rotatable bonds is 6. The van der Waals surface area contributed by atoms with Crippen molar-refractivity contribution in [3.8, 4) is 11.6 Å². The fourth-order valence-corrected chi connectivity index (χ4v) is 2.11. The van der Waals surface area contributed by atoms with Crippen molar-refractivity contribution in [2.45, 2.75) is 19.6 Å². The van der Waals surface area contributed by atoms with Gasteiger partial charge in [0.1, 0.15) is 17.9 Å². The van der Waals surface area contributed by atoms with Gasteiger partial charge in [-0.25, -0.2) is 9.97 Å². The minimum Gasteiger partial charge on any atom is -0.479 e. The van der Waals surface area contributed by atoms with E-state index in [1.54, 1.807) is 54.7 Å². The number of hydrogen-bond donors (Lipinski definition) is 1. The molecule has 0 spiro atoms. The zero-order valence-corrected chi connectivity index (χ0v) is 13.2. The fraction of sp³-hybridized carbons (Fsp3) is 0.176. The molecule has 3 rings (SSSR count). The summed E-state index contributed by atoms with van der Waals surface area (Å²) < 4.78 is 7.35. The van der Waals surface area contributed by atoms with Gasteiger partial charge in [-0.15, -0.1) is 0 Å². The SMILES string of the molecule is CC(Oc1cccnc1)C(=O)NCc1ccnc(-n2ccnc2)c1. The number of nitrogens with one attached hydrogen (secondary N) is 1. The van der Waals surface area contributed by atoms with Gasteiger partial charge in [0, 0.05) is 31.3 Å². The Kier molecular flexibility index (Phi) is 4.81. The smallest absolute Gasteiger partial charge is 0.261 e. The van der Waals surface area contributed by atoms with Crippen LogP contribution in [0.2, 0.25) is 0 Å². The van der Waals surface area contributed by atoms with Crippen LogP contribution in [0.3, 0.4) is 0 Å². The third-order valence-electron chi connectivity index (χ3n) is 3.36. The minimum absolute atomic E-state index is 0.195. The van der Waals surface area contributed by atoms with Crippen LogP contribution in [0.25, 0.3) is 5.82 Å². The highest BCUT2D eigenvalue weighted by Gasteiger charge is 2.14. The number of carbonyl (C=O) groups excluding carboxylic acids is 1. The largest absolute Gasteiger partial charge is 0.479 e. The molecule has 3 aromatic heterocycles. The highest BCUT2D eigenvalue weighted by atomic mass is 16.5. The van der Waals surface area contributed by atoms with Crippen LogP contribution in [0, 0.1) is 0 Å². The van der Waals surface area contributed by atoms with E-state index >= 15 is 0 Å². The van der Waals surface area contributed by atoms with Gasteiger partial charge in [-0.2, -0.15) is 0 Å². The molecule has 0 aromatic carbocycles. The number of ether oxygens (including phenoxy) is 1. The van der Waals surface area contributed by atoms with E-state index in [0.29, 0.717) is 12.3 Å². The molecule has 0 bridgehead atoms. The summed E-state index contributed by atoms with van der Waals surface area (Å²) in [6.07, 6.45) is 9.50. The molecular weight excluding hydrogens is 306 g/mol. The number of pyridine rings is 2. The lowest BCUT2D eigenvalue weighted by Gasteiger charge is -2.14. The van der Waals surface area contributed by atoms with Crippen LogP contribution in [0.5, 0.6) is 5.75 Å². The standard InChI is InChI=1S/C17H17N5O2/c1-13(24-15-3-2-5-18-11-15)17(23)21-10-14-4-6-20-16(9-14)22-8-7-19-12-22/h2-9,11-13H,10H2,1H3,(H,21,23). The maximum atomic E-state index is 12.1. The van der Waals surface area contributed by atoms with Crippen molar-refractivity contribution < 1.29 is 9.53 Å². The summed E-state index contributed by atoms with van der Waals surface area (Å²) in [5, 5.41) is 2.85. The highest BCUT2D eigenvalue weighted by Crippen LogP contribution is 2.10. The number of hydrogen-bond acceptors (Lipinski definition) is 5. The predicted octanol–water partition coefficient (Wildman–Crippen LogP) is 1.75. The molecule has 3 aromatic rings. The molecule has 1 unspecified atom stereocenters. The second-order valence-electron chi connectivity index (χ2n) is 5.16. The number of imidazole rings is 1. The Morgan fingerprint density at radius 1 is 1.29 bits per heavy atom. The topological polar surface area (TPSA) is 81.9 Å². The van der Waals surface area contributed by atoms with Crippen LogP contribution < -0.4 is 10.1 Å². The van der Waals surface area contributed by atoms with E-state index in [4.69, 9.17) is 4.74 Å². The molecule has 0 saturated heterocycles. The van der Waals surface area contributed by atoms with Crippen molar-refractivity contribution >= 4 is 5.91 Å². The van der Waals surface area contributed by atoms with E-state index in [2.05, 4.69) is 20.3 Å². The average molecular weight is 323 g/mol. The van der Waals surface area contributed by atoms with E-state index in [1.807, 2.05) is 18.3 Å². The molecule has 0 aliphatic heterocycles. The first-order chi connectivity index (χ1) is 11.7. The number of amides is 1. The van der Waals surface area contributed by atoms with Crippen molar-refractivity contribution in [2.24, 2.45) is 0 Å². The zero-order chi connectivity index (χ0) is 16.8. The minimum atomic E-state index is -0.607. The van der Waals surface area contributed by atoms with Crippen LogP contribution in [-0.4, -0.2) is 31.5 Å². The first-order valence-electron chi connectivity index (χ1n) is 7.50. The number of nitrogens with zero attached hydrogens (tertiary/aromatic N) is 4. The Labute approximate surface area is 139 Å². The van der Waals surface area contributed by atoms with Crippen LogP contribution in [0.4, 0.5) is 0 Å². The van der Waals surface area contributed by atoms with Gasteiger partial charge in [-0.05, 0) is 36.8 Å². The van der Waals surface area contributed by atoms with Gasteiger partial charge in [0.15, 0.2) is 6.10 Å². The normalized spacial score (nSPS) is 11.7. The maximum absolute atomic E-state index is 12.1. The van der Waals surface area contributed by atoms with Crippen LogP contribution in [-0.2, 0) is 11.3 Å². The Morgan fingerprint density at radius 2 is 2.21 bits per heavy atom. The Hall–Kier alpha value is -3.22. The van der Waals surface area contributed by atoms with Gasteiger partial charge >= 0.3 is 0 Å². The summed E-state index contributed by atoms with van der Waals surface area (Å²) in [7, 11) is 0. The number of carbonyl (C=O) groups is 1. The maximum Gasteiger partial charge on any atom is 0.261 e. The molecule has 7 nitrogen and oxygen atoms in total. The van der Waals surface area contributed by atoms with Crippen molar-refractivity contribution in [2.75, 3.05) is 0 Å². The van der Waals surface area contributed by atoms with Crippen molar-refractivity contribution in [1.82, 2.24) is 24.8 Å². The lowest BCUT2D eigenvalue weighted by Crippen LogP contribution is -2.35. The van der Waals surface area contributed by atoms with Gasteiger partial charge in [0.25, 0.3) is 5.91 Å². The third-order valence-corrected chi connectivity index (χ3v) is 3.36. The van der Waals surface area contributed by atoms with Crippen molar-refractivity contribution in [3.05, 3.63) is 67.1 Å². The van der Waals surface area contributed by atoms with E-state index < -0.39 is 6.10 Å². The van der Waals surface area contributed by atoms with Crippen molar-refractivity contribution in [3.63, 3.8) is 0 Å². The molecule has 1 amide bonds.